The molecule has 2 aromatic rings. The van der Waals surface area contributed by atoms with Gasteiger partial charge in [-0.15, -0.1) is 0 Å². The van der Waals surface area contributed by atoms with Crippen molar-refractivity contribution in [1.29, 1.82) is 0 Å². The molecule has 1 saturated carbocycles. The molecular weight excluding hydrogens is 348 g/mol. The van der Waals surface area contributed by atoms with Gasteiger partial charge in [-0.25, -0.2) is 0 Å². The Morgan fingerprint density at radius 2 is 1.86 bits per heavy atom. The van der Waals surface area contributed by atoms with E-state index in [4.69, 9.17) is 0 Å². The molecule has 4 rings (SSSR count). The molecule has 0 bridgehead atoms. The highest BCUT2D eigenvalue weighted by Gasteiger charge is 2.60. The standard InChI is InChI=1S/C25H30O3/c1-4-24-16-23(3,27)25(28,20-8-6-5-7-9-20)15-21(24)12-10-19-14-18(17(2)26)11-13-22(19)24/h5-9,11,13-14,21,27-28H,4,10,12,15-16H2,1-3H3/t21-,23+,24-,25-/m1/s1. The van der Waals surface area contributed by atoms with Crippen molar-refractivity contribution in [2.24, 2.45) is 5.92 Å². The monoisotopic (exact) mass is 378 g/mol. The van der Waals surface area contributed by atoms with Crippen LogP contribution in [0.25, 0.3) is 0 Å². The Balaban J connectivity index is 1.81. The first kappa shape index (κ1) is 19.4. The Kier molecular flexibility index (Phi) is 4.52. The molecule has 0 saturated heterocycles. The Labute approximate surface area is 167 Å². The van der Waals surface area contributed by atoms with Gasteiger partial charge in [0.15, 0.2) is 5.78 Å². The number of hydrogen-bond acceptors (Lipinski definition) is 3. The van der Waals surface area contributed by atoms with Gasteiger partial charge in [-0.1, -0.05) is 49.4 Å². The average Bonchev–Trinajstić information content (AvgIpc) is 2.69. The van der Waals surface area contributed by atoms with Crippen LogP contribution in [0.1, 0.15) is 73.5 Å². The van der Waals surface area contributed by atoms with E-state index in [2.05, 4.69) is 13.0 Å². The van der Waals surface area contributed by atoms with Gasteiger partial charge in [-0.2, -0.15) is 0 Å². The average molecular weight is 379 g/mol. The van der Waals surface area contributed by atoms with Gasteiger partial charge in [0.1, 0.15) is 5.60 Å². The fourth-order valence-corrected chi connectivity index (χ4v) is 5.95. The quantitative estimate of drug-likeness (QED) is 0.772. The summed E-state index contributed by atoms with van der Waals surface area (Å²) in [6.45, 7) is 5.57. The summed E-state index contributed by atoms with van der Waals surface area (Å²) in [7, 11) is 0. The van der Waals surface area contributed by atoms with Crippen LogP contribution in [0.3, 0.4) is 0 Å². The lowest BCUT2D eigenvalue weighted by molar-refractivity contribution is -0.205. The van der Waals surface area contributed by atoms with Crippen LogP contribution in [-0.4, -0.2) is 21.6 Å². The number of fused-ring (bicyclic) bond motifs is 3. The Hall–Kier alpha value is -1.97. The molecule has 2 aliphatic rings. The third-order valence-corrected chi connectivity index (χ3v) is 7.57. The first-order valence-electron chi connectivity index (χ1n) is 10.4. The van der Waals surface area contributed by atoms with Crippen LogP contribution in [0.15, 0.2) is 48.5 Å². The summed E-state index contributed by atoms with van der Waals surface area (Å²) in [5, 5.41) is 23.2. The van der Waals surface area contributed by atoms with Gasteiger partial charge in [0.05, 0.1) is 5.60 Å². The Morgan fingerprint density at radius 1 is 1.14 bits per heavy atom. The van der Waals surface area contributed by atoms with Crippen molar-refractivity contribution in [3.05, 3.63) is 70.8 Å². The lowest BCUT2D eigenvalue weighted by atomic mass is 9.49. The molecule has 2 aromatic carbocycles. The minimum absolute atomic E-state index is 0.0876. The highest BCUT2D eigenvalue weighted by Crippen LogP contribution is 2.59. The van der Waals surface area contributed by atoms with Gasteiger partial charge >= 0.3 is 0 Å². The van der Waals surface area contributed by atoms with Crippen LogP contribution in [0.5, 0.6) is 0 Å². The summed E-state index contributed by atoms with van der Waals surface area (Å²) in [6.07, 6.45) is 3.85. The topological polar surface area (TPSA) is 57.5 Å². The van der Waals surface area contributed by atoms with E-state index in [0.717, 1.165) is 30.4 Å². The summed E-state index contributed by atoms with van der Waals surface area (Å²) < 4.78 is 0. The predicted molar refractivity (Wildman–Crippen MR) is 110 cm³/mol. The molecule has 1 fully saturated rings. The van der Waals surface area contributed by atoms with Crippen LogP contribution in [0, 0.1) is 5.92 Å². The molecule has 2 aliphatic carbocycles. The van der Waals surface area contributed by atoms with E-state index in [1.807, 2.05) is 42.5 Å². The molecule has 0 heterocycles. The summed E-state index contributed by atoms with van der Waals surface area (Å²) in [5.74, 6) is 0.378. The summed E-state index contributed by atoms with van der Waals surface area (Å²) in [6, 6.07) is 15.7. The second-order valence-corrected chi connectivity index (χ2v) is 9.05. The van der Waals surface area contributed by atoms with Crippen molar-refractivity contribution in [2.45, 2.75) is 69.5 Å². The number of hydrogen-bond donors (Lipinski definition) is 2. The SMILES string of the molecule is CC[C@@]12C[C@](C)(O)[C@](O)(c3ccccc3)C[C@H]1CCc1cc(C(C)=O)ccc12. The van der Waals surface area contributed by atoms with E-state index in [-0.39, 0.29) is 11.2 Å². The molecule has 0 aromatic heterocycles. The maximum atomic E-state index is 11.8. The maximum absolute atomic E-state index is 11.8. The normalized spacial score (nSPS) is 34.4. The second kappa shape index (κ2) is 6.53. The number of aliphatic hydroxyl groups is 2. The van der Waals surface area contributed by atoms with Crippen LogP contribution < -0.4 is 0 Å². The number of Topliss-reactive ketones (excluding diaryl/α,β-unsaturated/α-hetero) is 1. The molecule has 0 unspecified atom stereocenters. The van der Waals surface area contributed by atoms with Crippen molar-refractivity contribution >= 4 is 5.78 Å². The molecule has 0 spiro atoms. The highest BCUT2D eigenvalue weighted by molar-refractivity contribution is 5.94. The third kappa shape index (κ3) is 2.67. The molecule has 3 heteroatoms. The number of aryl methyl sites for hydroxylation is 1. The minimum atomic E-state index is -1.26. The predicted octanol–water partition coefficient (Wildman–Crippen LogP) is 4.53. The molecule has 2 N–H and O–H groups in total. The number of ketones is 1. The number of benzene rings is 2. The van der Waals surface area contributed by atoms with Crippen molar-refractivity contribution in [2.75, 3.05) is 0 Å². The van der Waals surface area contributed by atoms with E-state index in [1.165, 1.54) is 11.1 Å². The van der Waals surface area contributed by atoms with Crippen molar-refractivity contribution < 1.29 is 15.0 Å². The zero-order chi connectivity index (χ0) is 20.2. The number of carbonyl (C=O) groups is 1. The van der Waals surface area contributed by atoms with Gasteiger partial charge in [-0.05, 0) is 74.6 Å². The van der Waals surface area contributed by atoms with Crippen LogP contribution in [0.4, 0.5) is 0 Å². The fourth-order valence-electron chi connectivity index (χ4n) is 5.95. The lowest BCUT2D eigenvalue weighted by Gasteiger charge is -2.59. The molecular formula is C25H30O3. The van der Waals surface area contributed by atoms with E-state index >= 15 is 0 Å². The molecule has 0 radical (unpaired) electrons. The molecule has 148 valence electrons. The van der Waals surface area contributed by atoms with Crippen LogP contribution in [0.2, 0.25) is 0 Å². The van der Waals surface area contributed by atoms with E-state index < -0.39 is 11.2 Å². The molecule has 0 aliphatic heterocycles. The Bertz CT molecular complexity index is 901. The van der Waals surface area contributed by atoms with Crippen molar-refractivity contribution in [3.8, 4) is 0 Å². The Morgan fingerprint density at radius 3 is 2.50 bits per heavy atom. The zero-order valence-corrected chi connectivity index (χ0v) is 17.0. The molecule has 3 nitrogen and oxygen atoms in total. The van der Waals surface area contributed by atoms with Gasteiger partial charge in [0.2, 0.25) is 0 Å². The number of rotatable bonds is 3. The molecule has 4 atom stereocenters. The van der Waals surface area contributed by atoms with Crippen molar-refractivity contribution in [3.63, 3.8) is 0 Å². The summed E-state index contributed by atoms with van der Waals surface area (Å²) >= 11 is 0. The highest BCUT2D eigenvalue weighted by atomic mass is 16.4. The van der Waals surface area contributed by atoms with Gasteiger partial charge in [0, 0.05) is 11.0 Å². The van der Waals surface area contributed by atoms with Crippen LogP contribution in [-0.2, 0) is 17.4 Å². The second-order valence-electron chi connectivity index (χ2n) is 9.05. The largest absolute Gasteiger partial charge is 0.387 e. The first-order chi connectivity index (χ1) is 13.2. The first-order valence-corrected chi connectivity index (χ1v) is 10.4. The zero-order valence-electron chi connectivity index (χ0n) is 17.0. The molecule has 28 heavy (non-hydrogen) atoms. The van der Waals surface area contributed by atoms with Crippen LogP contribution >= 0.6 is 0 Å². The van der Waals surface area contributed by atoms with Gasteiger partial charge < -0.3 is 10.2 Å². The van der Waals surface area contributed by atoms with Crippen molar-refractivity contribution in [1.82, 2.24) is 0 Å². The fraction of sp³-hybridized carbons (Fsp3) is 0.480. The maximum Gasteiger partial charge on any atom is 0.159 e. The van der Waals surface area contributed by atoms with E-state index in [1.54, 1.807) is 13.8 Å². The van der Waals surface area contributed by atoms with Gasteiger partial charge in [-0.3, -0.25) is 4.79 Å². The molecule has 0 amide bonds. The van der Waals surface area contributed by atoms with E-state index in [9.17, 15) is 15.0 Å². The van der Waals surface area contributed by atoms with E-state index in [0.29, 0.717) is 18.8 Å². The smallest absolute Gasteiger partial charge is 0.159 e. The van der Waals surface area contributed by atoms with Gasteiger partial charge in [0.25, 0.3) is 0 Å². The number of carbonyl (C=O) groups excluding carboxylic acids is 1. The third-order valence-electron chi connectivity index (χ3n) is 7.57. The lowest BCUT2D eigenvalue weighted by Crippen LogP contribution is -2.62. The summed E-state index contributed by atoms with van der Waals surface area (Å²) in [4.78, 5) is 11.8. The minimum Gasteiger partial charge on any atom is -0.387 e. The summed E-state index contributed by atoms with van der Waals surface area (Å²) in [5.41, 5.74) is 1.36.